The van der Waals surface area contributed by atoms with Gasteiger partial charge in [-0.3, -0.25) is 9.52 Å². The number of nitrogens with one attached hydrogen (secondary N) is 3. The highest BCUT2D eigenvalue weighted by Crippen LogP contribution is 2.35. The zero-order valence-electron chi connectivity index (χ0n) is 22.7. The molecule has 12 nitrogen and oxygen atoms in total. The van der Waals surface area contributed by atoms with Crippen LogP contribution in [0, 0.1) is 0 Å². The van der Waals surface area contributed by atoms with E-state index in [0.29, 0.717) is 40.1 Å². The number of hydrogen-bond donors (Lipinski definition) is 3. The molecule has 1 aliphatic rings. The number of sulfonamides is 1. The maximum atomic E-state index is 13.5. The van der Waals surface area contributed by atoms with Crippen molar-refractivity contribution >= 4 is 50.0 Å². The van der Waals surface area contributed by atoms with Gasteiger partial charge in [0.15, 0.2) is 0 Å². The Morgan fingerprint density at radius 1 is 0.952 bits per heavy atom. The Hall–Kier alpha value is -5.04. The third-order valence-electron chi connectivity index (χ3n) is 7.03. The lowest BCUT2D eigenvalue weighted by Crippen LogP contribution is -2.19. The molecule has 42 heavy (non-hydrogen) atoms. The average molecular weight is 585 g/mol. The zero-order valence-corrected chi connectivity index (χ0v) is 23.5. The van der Waals surface area contributed by atoms with Crippen molar-refractivity contribution in [3.8, 4) is 5.75 Å². The maximum absolute atomic E-state index is 13.5. The molecule has 5 aromatic rings. The molecule has 1 saturated carbocycles. The molecule has 0 aliphatic heterocycles. The van der Waals surface area contributed by atoms with Crippen LogP contribution in [0.5, 0.6) is 5.75 Å². The predicted octanol–water partition coefficient (Wildman–Crippen LogP) is 5.14. The summed E-state index contributed by atoms with van der Waals surface area (Å²) in [4.78, 5) is 30.4. The van der Waals surface area contributed by atoms with Gasteiger partial charge in [-0.05, 0) is 61.4 Å². The molecular formula is C29H28N8O4S. The van der Waals surface area contributed by atoms with E-state index in [2.05, 4.69) is 30.3 Å². The summed E-state index contributed by atoms with van der Waals surface area (Å²) in [5, 5.41) is 6.60. The molecule has 0 spiro atoms. The van der Waals surface area contributed by atoms with Gasteiger partial charge in [0, 0.05) is 41.4 Å². The lowest BCUT2D eigenvalue weighted by molar-refractivity contribution is 0.101. The third kappa shape index (κ3) is 5.59. The van der Waals surface area contributed by atoms with Crippen molar-refractivity contribution in [3.63, 3.8) is 0 Å². The Morgan fingerprint density at radius 2 is 1.67 bits per heavy atom. The number of methoxy groups -OCH3 is 1. The van der Waals surface area contributed by atoms with Crippen molar-refractivity contribution in [2.24, 2.45) is 0 Å². The van der Waals surface area contributed by atoms with Gasteiger partial charge in [-0.25, -0.2) is 15.0 Å². The van der Waals surface area contributed by atoms with Crippen molar-refractivity contribution in [2.75, 3.05) is 22.5 Å². The molecular weight excluding hydrogens is 556 g/mol. The Morgan fingerprint density at radius 3 is 2.40 bits per heavy atom. The fourth-order valence-electron chi connectivity index (χ4n) is 5.09. The Bertz CT molecular complexity index is 1840. The molecule has 0 unspecified atom stereocenters. The molecule has 1 amide bonds. The number of aromatic nitrogens is 5. The Kier molecular flexibility index (Phi) is 7.40. The number of para-hydroxylation sites is 2. The smallest absolute Gasteiger partial charge is 0.297 e. The van der Waals surface area contributed by atoms with Crippen LogP contribution in [0.2, 0.25) is 0 Å². The summed E-state index contributed by atoms with van der Waals surface area (Å²) in [5.41, 5.74) is 2.76. The van der Waals surface area contributed by atoms with Gasteiger partial charge in [0.2, 0.25) is 5.95 Å². The first kappa shape index (κ1) is 27.1. The van der Waals surface area contributed by atoms with E-state index < -0.39 is 10.0 Å². The molecule has 3 heterocycles. The summed E-state index contributed by atoms with van der Waals surface area (Å²) in [5.74, 6) is 0.674. The second-order valence-electron chi connectivity index (χ2n) is 9.80. The summed E-state index contributed by atoms with van der Waals surface area (Å²) in [6.07, 6.45) is 8.50. The first-order valence-corrected chi connectivity index (χ1v) is 14.9. The second-order valence-corrected chi connectivity index (χ2v) is 11.4. The highest BCUT2D eigenvalue weighted by Gasteiger charge is 2.26. The molecule has 0 atom stereocenters. The third-order valence-corrected chi connectivity index (χ3v) is 8.23. The number of carbonyl (C=O) groups is 1. The van der Waals surface area contributed by atoms with E-state index in [1.54, 1.807) is 55.8 Å². The molecule has 1 fully saturated rings. The minimum atomic E-state index is -3.91. The van der Waals surface area contributed by atoms with Gasteiger partial charge in [-0.15, -0.1) is 0 Å². The van der Waals surface area contributed by atoms with E-state index >= 15 is 0 Å². The number of anilines is 4. The van der Waals surface area contributed by atoms with Gasteiger partial charge in [-0.2, -0.15) is 13.4 Å². The number of carbonyl (C=O) groups excluding carboxylic acids is 1. The number of fused-ring (bicyclic) bond motifs is 1. The van der Waals surface area contributed by atoms with E-state index in [4.69, 9.17) is 9.72 Å². The minimum absolute atomic E-state index is 0.143. The molecule has 0 saturated heterocycles. The minimum Gasteiger partial charge on any atom is -0.495 e. The number of ether oxygens (including phenoxy) is 1. The predicted molar refractivity (Wildman–Crippen MR) is 159 cm³/mol. The van der Waals surface area contributed by atoms with Crippen LogP contribution in [0.15, 0.2) is 84.4 Å². The fourth-order valence-corrected chi connectivity index (χ4v) is 6.02. The summed E-state index contributed by atoms with van der Waals surface area (Å²) in [6.45, 7) is 0. The highest BCUT2D eigenvalue weighted by molar-refractivity contribution is 7.92. The van der Waals surface area contributed by atoms with Gasteiger partial charge in [0.05, 0.1) is 12.8 Å². The Labute approximate surface area is 242 Å². The lowest BCUT2D eigenvalue weighted by Gasteiger charge is -2.17. The van der Waals surface area contributed by atoms with Crippen LogP contribution in [-0.2, 0) is 10.0 Å². The molecule has 3 aromatic heterocycles. The van der Waals surface area contributed by atoms with Crippen LogP contribution in [-0.4, -0.2) is 45.9 Å². The molecule has 0 bridgehead atoms. The summed E-state index contributed by atoms with van der Waals surface area (Å²) in [6, 6.07) is 17.4. The average Bonchev–Trinajstić information content (AvgIpc) is 3.67. The molecule has 6 rings (SSSR count). The molecule has 2 aromatic carbocycles. The first-order valence-electron chi connectivity index (χ1n) is 13.4. The van der Waals surface area contributed by atoms with E-state index in [-0.39, 0.29) is 17.1 Å². The topological polar surface area (TPSA) is 153 Å². The van der Waals surface area contributed by atoms with Crippen molar-refractivity contribution < 1.29 is 17.9 Å². The standard InChI is InChI=1S/C29H28N8O4S/c1-41-25-10-5-4-9-23(25)34-27(38)24-17-19-18-32-28(35-26(19)37(24)22-7-2-3-8-22)33-20-11-13-21(14-12-20)36-42(39,40)29-30-15-6-16-31-29/h4-6,9-18,22,36H,2-3,7-8H2,1H3,(H,34,38)(H,32,33,35). The highest BCUT2D eigenvalue weighted by atomic mass is 32.2. The van der Waals surface area contributed by atoms with Gasteiger partial charge in [0.1, 0.15) is 17.1 Å². The molecule has 13 heteroatoms. The monoisotopic (exact) mass is 584 g/mol. The summed E-state index contributed by atoms with van der Waals surface area (Å²) < 4.78 is 34.9. The normalized spacial score (nSPS) is 13.6. The summed E-state index contributed by atoms with van der Waals surface area (Å²) >= 11 is 0. The maximum Gasteiger partial charge on any atom is 0.297 e. The van der Waals surface area contributed by atoms with E-state index in [1.165, 1.54) is 12.4 Å². The quantitative estimate of drug-likeness (QED) is 0.200. The van der Waals surface area contributed by atoms with Crippen LogP contribution in [0.25, 0.3) is 11.0 Å². The molecule has 214 valence electrons. The number of hydrogen-bond acceptors (Lipinski definition) is 9. The van der Waals surface area contributed by atoms with Gasteiger partial charge >= 0.3 is 0 Å². The molecule has 1 aliphatic carbocycles. The van der Waals surface area contributed by atoms with Crippen molar-refractivity contribution in [1.29, 1.82) is 0 Å². The van der Waals surface area contributed by atoms with Gasteiger partial charge in [-0.1, -0.05) is 25.0 Å². The van der Waals surface area contributed by atoms with Crippen molar-refractivity contribution in [2.45, 2.75) is 36.9 Å². The van der Waals surface area contributed by atoms with Crippen molar-refractivity contribution in [3.05, 3.63) is 84.9 Å². The fraction of sp³-hybridized carbons (Fsp3) is 0.207. The second kappa shape index (κ2) is 11.4. The SMILES string of the molecule is COc1ccccc1NC(=O)c1cc2cnc(Nc3ccc(NS(=O)(=O)c4ncccn4)cc3)nc2n1C1CCCC1. The van der Waals surface area contributed by atoms with E-state index in [1.807, 2.05) is 22.8 Å². The van der Waals surface area contributed by atoms with Crippen LogP contribution < -0.4 is 20.1 Å². The molecule has 0 radical (unpaired) electrons. The zero-order chi connectivity index (χ0) is 29.1. The first-order chi connectivity index (χ1) is 20.4. The van der Waals surface area contributed by atoms with Crippen LogP contribution in [0.4, 0.5) is 23.0 Å². The van der Waals surface area contributed by atoms with Crippen LogP contribution in [0.1, 0.15) is 42.2 Å². The summed E-state index contributed by atoms with van der Waals surface area (Å²) in [7, 11) is -2.35. The van der Waals surface area contributed by atoms with Crippen LogP contribution in [0.3, 0.4) is 0 Å². The van der Waals surface area contributed by atoms with Gasteiger partial charge < -0.3 is 19.9 Å². The number of benzene rings is 2. The van der Waals surface area contributed by atoms with E-state index in [9.17, 15) is 13.2 Å². The van der Waals surface area contributed by atoms with Crippen molar-refractivity contribution in [1.82, 2.24) is 24.5 Å². The number of rotatable bonds is 9. The molecule has 3 N–H and O–H groups in total. The van der Waals surface area contributed by atoms with E-state index in [0.717, 1.165) is 31.1 Å². The lowest BCUT2D eigenvalue weighted by atomic mass is 10.2. The number of nitrogens with zero attached hydrogens (tertiary/aromatic N) is 5. The van der Waals surface area contributed by atoms with Crippen LogP contribution >= 0.6 is 0 Å². The number of amides is 1. The van der Waals surface area contributed by atoms with Gasteiger partial charge in [0.25, 0.3) is 21.1 Å². The Balaban J connectivity index is 1.25. The largest absolute Gasteiger partial charge is 0.495 e.